The van der Waals surface area contributed by atoms with Gasteiger partial charge in [0.1, 0.15) is 5.88 Å². The normalized spacial score (nSPS) is 9.94. The number of H-pyrrole nitrogens is 1. The van der Waals surface area contributed by atoms with Gasteiger partial charge in [0.05, 0.1) is 0 Å². The second-order valence-corrected chi connectivity index (χ2v) is 3.80. The lowest BCUT2D eigenvalue weighted by molar-refractivity contribution is -0.121. The predicted molar refractivity (Wildman–Crippen MR) is 65.9 cm³/mol. The number of nitrogens with one attached hydrogen (secondary N) is 3. The molecule has 0 bridgehead atoms. The van der Waals surface area contributed by atoms with Crippen LogP contribution in [0.5, 0.6) is 0 Å². The number of rotatable bonds is 7. The van der Waals surface area contributed by atoms with Gasteiger partial charge in [-0.25, -0.2) is 0 Å². The number of halogens is 1. The van der Waals surface area contributed by atoms with Gasteiger partial charge in [-0.2, -0.15) is 0 Å². The second-order valence-electron chi connectivity index (χ2n) is 3.53. The molecule has 1 heterocycles. The van der Waals surface area contributed by atoms with E-state index in [4.69, 9.17) is 11.6 Å². The standard InChI is InChI=1S/C11H16ClN3O2/c12-8-11(17)15-7-4-10(16)14-6-3-9-2-1-5-13-9/h1-2,5,13H,3-4,6-8H2,(H,14,16)(H,15,17). The molecule has 0 saturated carbocycles. The predicted octanol–water partition coefficient (Wildman–Crippen LogP) is 0.418. The summed E-state index contributed by atoms with van der Waals surface area (Å²) in [4.78, 5) is 25.2. The van der Waals surface area contributed by atoms with E-state index >= 15 is 0 Å². The Hall–Kier alpha value is -1.49. The molecule has 0 spiro atoms. The third-order valence-electron chi connectivity index (χ3n) is 2.17. The van der Waals surface area contributed by atoms with Crippen LogP contribution in [0.25, 0.3) is 0 Å². The van der Waals surface area contributed by atoms with E-state index in [1.807, 2.05) is 18.3 Å². The molecule has 0 saturated heterocycles. The molecule has 1 aromatic heterocycles. The number of alkyl halides is 1. The van der Waals surface area contributed by atoms with E-state index in [-0.39, 0.29) is 24.1 Å². The molecule has 94 valence electrons. The van der Waals surface area contributed by atoms with Gasteiger partial charge < -0.3 is 15.6 Å². The Morgan fingerprint density at radius 1 is 1.24 bits per heavy atom. The first-order valence-electron chi connectivity index (χ1n) is 5.44. The third kappa shape index (κ3) is 5.97. The number of carbonyl (C=O) groups is 2. The first kappa shape index (κ1) is 13.6. The summed E-state index contributed by atoms with van der Waals surface area (Å²) in [6.07, 6.45) is 2.89. The van der Waals surface area contributed by atoms with Crippen LogP contribution < -0.4 is 10.6 Å². The van der Waals surface area contributed by atoms with E-state index in [9.17, 15) is 9.59 Å². The maximum Gasteiger partial charge on any atom is 0.234 e. The summed E-state index contributed by atoms with van der Waals surface area (Å²) in [5.41, 5.74) is 1.08. The van der Waals surface area contributed by atoms with E-state index in [1.165, 1.54) is 0 Å². The van der Waals surface area contributed by atoms with Gasteiger partial charge in [0, 0.05) is 37.8 Å². The summed E-state index contributed by atoms with van der Waals surface area (Å²) in [6, 6.07) is 3.88. The zero-order chi connectivity index (χ0) is 12.5. The van der Waals surface area contributed by atoms with Gasteiger partial charge >= 0.3 is 0 Å². The van der Waals surface area contributed by atoms with Crippen molar-refractivity contribution in [2.45, 2.75) is 12.8 Å². The van der Waals surface area contributed by atoms with Crippen LogP contribution >= 0.6 is 11.6 Å². The number of carbonyl (C=O) groups excluding carboxylic acids is 2. The van der Waals surface area contributed by atoms with E-state index in [1.54, 1.807) is 0 Å². The fourth-order valence-electron chi connectivity index (χ4n) is 1.31. The molecule has 3 N–H and O–H groups in total. The first-order chi connectivity index (χ1) is 8.22. The van der Waals surface area contributed by atoms with Crippen molar-refractivity contribution >= 4 is 23.4 Å². The molecule has 5 nitrogen and oxygen atoms in total. The van der Waals surface area contributed by atoms with Gasteiger partial charge in [-0.1, -0.05) is 0 Å². The molecule has 0 atom stereocenters. The van der Waals surface area contributed by atoms with Crippen LogP contribution in [-0.2, 0) is 16.0 Å². The molecule has 0 unspecified atom stereocenters. The van der Waals surface area contributed by atoms with Crippen LogP contribution in [-0.4, -0.2) is 35.8 Å². The van der Waals surface area contributed by atoms with Crippen LogP contribution in [0.3, 0.4) is 0 Å². The van der Waals surface area contributed by atoms with Crippen molar-refractivity contribution in [2.24, 2.45) is 0 Å². The summed E-state index contributed by atoms with van der Waals surface area (Å²) in [5.74, 6) is -0.411. The summed E-state index contributed by atoms with van der Waals surface area (Å²) >= 11 is 5.29. The lowest BCUT2D eigenvalue weighted by Crippen LogP contribution is -2.32. The Morgan fingerprint density at radius 3 is 2.65 bits per heavy atom. The third-order valence-corrected chi connectivity index (χ3v) is 2.42. The molecule has 6 heteroatoms. The van der Waals surface area contributed by atoms with Gasteiger partial charge in [0.2, 0.25) is 11.8 Å². The van der Waals surface area contributed by atoms with Gasteiger partial charge in [-0.05, 0) is 12.1 Å². The Labute approximate surface area is 105 Å². The number of aromatic nitrogens is 1. The highest BCUT2D eigenvalue weighted by Gasteiger charge is 2.02. The first-order valence-corrected chi connectivity index (χ1v) is 5.97. The minimum absolute atomic E-state index is 0.0750. The molecule has 1 rings (SSSR count). The summed E-state index contributed by atoms with van der Waals surface area (Å²) in [6.45, 7) is 0.905. The van der Waals surface area contributed by atoms with Crippen LogP contribution in [0, 0.1) is 0 Å². The molecule has 0 fully saturated rings. The maximum atomic E-state index is 11.3. The zero-order valence-electron chi connectivity index (χ0n) is 9.46. The van der Waals surface area contributed by atoms with Gasteiger partial charge in [0.25, 0.3) is 0 Å². The summed E-state index contributed by atoms with van der Waals surface area (Å²) in [7, 11) is 0. The number of amides is 2. The Balaban J connectivity index is 2.03. The van der Waals surface area contributed by atoms with Crippen LogP contribution in [0.4, 0.5) is 0 Å². The van der Waals surface area contributed by atoms with Crippen LogP contribution in [0.1, 0.15) is 12.1 Å². The summed E-state index contributed by atoms with van der Waals surface area (Å²) in [5, 5.41) is 5.30. The molecular formula is C11H16ClN3O2. The van der Waals surface area contributed by atoms with Crippen LogP contribution in [0.15, 0.2) is 18.3 Å². The molecule has 17 heavy (non-hydrogen) atoms. The highest BCUT2D eigenvalue weighted by atomic mass is 35.5. The topological polar surface area (TPSA) is 74.0 Å². The van der Waals surface area contributed by atoms with Crippen molar-refractivity contribution in [3.8, 4) is 0 Å². The smallest absolute Gasteiger partial charge is 0.234 e. The largest absolute Gasteiger partial charge is 0.365 e. The minimum Gasteiger partial charge on any atom is -0.365 e. The Morgan fingerprint density at radius 2 is 2.00 bits per heavy atom. The van der Waals surface area contributed by atoms with Gasteiger partial charge in [-0.15, -0.1) is 11.6 Å². The average molecular weight is 258 g/mol. The SMILES string of the molecule is O=C(CCl)NCCC(=O)NCCc1ccc[nH]1. The molecule has 0 aliphatic rings. The second kappa shape index (κ2) is 7.73. The maximum absolute atomic E-state index is 11.3. The lowest BCUT2D eigenvalue weighted by atomic mass is 10.3. The average Bonchev–Trinajstić information content (AvgIpc) is 2.82. The van der Waals surface area contributed by atoms with Crippen molar-refractivity contribution in [2.75, 3.05) is 19.0 Å². The molecule has 0 aliphatic heterocycles. The number of hydrogen-bond acceptors (Lipinski definition) is 2. The molecule has 2 amide bonds. The van der Waals surface area contributed by atoms with Gasteiger partial charge in [-0.3, -0.25) is 9.59 Å². The summed E-state index contributed by atoms with van der Waals surface area (Å²) < 4.78 is 0. The number of aromatic amines is 1. The van der Waals surface area contributed by atoms with Crippen molar-refractivity contribution in [1.29, 1.82) is 0 Å². The van der Waals surface area contributed by atoms with E-state index in [2.05, 4.69) is 15.6 Å². The molecular weight excluding hydrogens is 242 g/mol. The highest BCUT2D eigenvalue weighted by Crippen LogP contribution is 1.93. The highest BCUT2D eigenvalue weighted by molar-refractivity contribution is 6.27. The molecule has 0 aliphatic carbocycles. The molecule has 0 radical (unpaired) electrons. The molecule has 0 aromatic carbocycles. The Kier molecular flexibility index (Phi) is 6.17. The van der Waals surface area contributed by atoms with Crippen molar-refractivity contribution < 1.29 is 9.59 Å². The van der Waals surface area contributed by atoms with E-state index < -0.39 is 0 Å². The Bertz CT molecular complexity index is 352. The fraction of sp³-hybridized carbons (Fsp3) is 0.455. The lowest BCUT2D eigenvalue weighted by Gasteiger charge is -2.05. The number of hydrogen-bond donors (Lipinski definition) is 3. The van der Waals surface area contributed by atoms with E-state index in [0.29, 0.717) is 13.1 Å². The minimum atomic E-state index is -0.258. The van der Waals surface area contributed by atoms with E-state index in [0.717, 1.165) is 12.1 Å². The monoisotopic (exact) mass is 257 g/mol. The fourth-order valence-corrected chi connectivity index (χ4v) is 1.41. The van der Waals surface area contributed by atoms with Crippen molar-refractivity contribution in [3.63, 3.8) is 0 Å². The molecule has 1 aromatic rings. The van der Waals surface area contributed by atoms with Crippen LogP contribution in [0.2, 0.25) is 0 Å². The van der Waals surface area contributed by atoms with Gasteiger partial charge in [0.15, 0.2) is 0 Å². The zero-order valence-corrected chi connectivity index (χ0v) is 10.2. The quantitative estimate of drug-likeness (QED) is 0.620. The van der Waals surface area contributed by atoms with Crippen molar-refractivity contribution in [1.82, 2.24) is 15.6 Å². The van der Waals surface area contributed by atoms with Crippen molar-refractivity contribution in [3.05, 3.63) is 24.0 Å².